The van der Waals surface area contributed by atoms with E-state index in [1.165, 1.54) is 0 Å². The van der Waals surface area contributed by atoms with Gasteiger partial charge in [-0.05, 0) is 36.4 Å². The molecule has 0 spiro atoms. The summed E-state index contributed by atoms with van der Waals surface area (Å²) in [6.45, 7) is 2.87. The van der Waals surface area contributed by atoms with Crippen molar-refractivity contribution in [3.63, 3.8) is 0 Å². The van der Waals surface area contributed by atoms with Gasteiger partial charge in [0.2, 0.25) is 5.91 Å². The van der Waals surface area contributed by atoms with Gasteiger partial charge in [-0.3, -0.25) is 4.79 Å². The van der Waals surface area contributed by atoms with Gasteiger partial charge >= 0.3 is 0 Å². The van der Waals surface area contributed by atoms with Gasteiger partial charge in [-0.1, -0.05) is 17.7 Å². The van der Waals surface area contributed by atoms with Crippen LogP contribution < -0.4 is 20.7 Å². The number of methoxy groups -OCH3 is 1. The van der Waals surface area contributed by atoms with Crippen molar-refractivity contribution in [2.24, 2.45) is 10.7 Å². The number of carbonyl (C=O) groups excluding carboxylic acids is 1. The first kappa shape index (κ1) is 19.8. The van der Waals surface area contributed by atoms with Crippen LogP contribution in [0.25, 0.3) is 0 Å². The summed E-state index contributed by atoms with van der Waals surface area (Å²) >= 11 is 5.94. The topological polar surface area (TPSA) is 83.2 Å². The monoisotopic (exact) mass is 401 g/mol. The van der Waals surface area contributed by atoms with E-state index in [-0.39, 0.29) is 18.4 Å². The minimum atomic E-state index is -0.0360. The molecule has 1 amide bonds. The number of piperazine rings is 1. The van der Waals surface area contributed by atoms with Crippen molar-refractivity contribution in [2.75, 3.05) is 50.1 Å². The molecule has 148 valence electrons. The van der Waals surface area contributed by atoms with E-state index in [1.807, 2.05) is 47.4 Å². The van der Waals surface area contributed by atoms with Gasteiger partial charge < -0.3 is 25.6 Å². The van der Waals surface area contributed by atoms with Crippen LogP contribution in [0.4, 0.5) is 11.4 Å². The maximum Gasteiger partial charge on any atom is 0.244 e. The molecule has 28 heavy (non-hydrogen) atoms. The van der Waals surface area contributed by atoms with Crippen LogP contribution in [0.2, 0.25) is 5.02 Å². The second kappa shape index (κ2) is 9.32. The molecule has 0 radical (unpaired) electrons. The SMILES string of the molecule is COc1cccc(NC(N)=NCC(=O)N2CCN(c3ccc(Cl)cc3)CC2)c1. The number of nitrogens with one attached hydrogen (secondary N) is 1. The first-order valence-corrected chi connectivity index (χ1v) is 9.42. The smallest absolute Gasteiger partial charge is 0.244 e. The summed E-state index contributed by atoms with van der Waals surface area (Å²) in [6, 6.07) is 15.1. The molecule has 0 aliphatic carbocycles. The van der Waals surface area contributed by atoms with Gasteiger partial charge in [-0.25, -0.2) is 4.99 Å². The highest BCUT2D eigenvalue weighted by molar-refractivity contribution is 6.30. The van der Waals surface area contributed by atoms with E-state index in [0.29, 0.717) is 18.8 Å². The van der Waals surface area contributed by atoms with Gasteiger partial charge in [0.15, 0.2) is 5.96 Å². The van der Waals surface area contributed by atoms with Crippen LogP contribution in [0.1, 0.15) is 0 Å². The van der Waals surface area contributed by atoms with E-state index in [0.717, 1.165) is 29.5 Å². The quantitative estimate of drug-likeness (QED) is 0.594. The van der Waals surface area contributed by atoms with Crippen LogP contribution in [0.3, 0.4) is 0 Å². The standard InChI is InChI=1S/C20H24ClN5O2/c1-28-18-4-2-3-16(13-18)24-20(22)23-14-19(27)26-11-9-25(10-12-26)17-7-5-15(21)6-8-17/h2-8,13H,9-12,14H2,1H3,(H3,22,23,24). The normalized spacial score (nSPS) is 14.7. The third-order valence-corrected chi connectivity index (χ3v) is 4.80. The molecule has 0 unspecified atom stereocenters. The molecular weight excluding hydrogens is 378 g/mol. The summed E-state index contributed by atoms with van der Waals surface area (Å²) < 4.78 is 5.17. The Labute approximate surface area is 169 Å². The van der Waals surface area contributed by atoms with Gasteiger partial charge in [0.25, 0.3) is 0 Å². The summed E-state index contributed by atoms with van der Waals surface area (Å²) in [7, 11) is 1.60. The third kappa shape index (κ3) is 5.29. The fourth-order valence-electron chi connectivity index (χ4n) is 3.01. The lowest BCUT2D eigenvalue weighted by Gasteiger charge is -2.36. The Hall–Kier alpha value is -2.93. The Morgan fingerprint density at radius 2 is 1.89 bits per heavy atom. The molecule has 7 nitrogen and oxygen atoms in total. The highest BCUT2D eigenvalue weighted by Gasteiger charge is 2.21. The van der Waals surface area contributed by atoms with E-state index >= 15 is 0 Å². The minimum Gasteiger partial charge on any atom is -0.497 e. The Morgan fingerprint density at radius 1 is 1.18 bits per heavy atom. The molecule has 8 heteroatoms. The number of carbonyl (C=O) groups is 1. The second-order valence-electron chi connectivity index (χ2n) is 6.40. The molecule has 1 aliphatic heterocycles. The molecule has 3 rings (SSSR count). The molecule has 1 saturated heterocycles. The van der Waals surface area contributed by atoms with Crippen LogP contribution >= 0.6 is 11.6 Å². The maximum atomic E-state index is 12.4. The van der Waals surface area contributed by atoms with Crippen molar-refractivity contribution in [1.82, 2.24) is 4.90 Å². The van der Waals surface area contributed by atoms with Gasteiger partial charge in [-0.2, -0.15) is 0 Å². The first-order valence-electron chi connectivity index (χ1n) is 9.04. The number of aliphatic imine (C=N–C) groups is 1. The summed E-state index contributed by atoms with van der Waals surface area (Å²) in [4.78, 5) is 20.6. The van der Waals surface area contributed by atoms with Crippen molar-refractivity contribution < 1.29 is 9.53 Å². The number of hydrogen-bond acceptors (Lipinski definition) is 4. The van der Waals surface area contributed by atoms with Crippen molar-refractivity contribution in [3.8, 4) is 5.75 Å². The molecule has 1 fully saturated rings. The van der Waals surface area contributed by atoms with Crippen LogP contribution in [-0.4, -0.2) is 56.6 Å². The lowest BCUT2D eigenvalue weighted by molar-refractivity contribution is -0.129. The van der Waals surface area contributed by atoms with Crippen molar-refractivity contribution in [1.29, 1.82) is 0 Å². The lowest BCUT2D eigenvalue weighted by Crippen LogP contribution is -2.49. The average Bonchev–Trinajstić information content (AvgIpc) is 2.73. The van der Waals surface area contributed by atoms with Crippen molar-refractivity contribution in [2.45, 2.75) is 0 Å². The van der Waals surface area contributed by atoms with Crippen LogP contribution in [0.15, 0.2) is 53.5 Å². The molecule has 3 N–H and O–H groups in total. The fraction of sp³-hybridized carbons (Fsp3) is 0.300. The predicted octanol–water partition coefficient (Wildman–Crippen LogP) is 2.42. The molecule has 2 aromatic rings. The summed E-state index contributed by atoms with van der Waals surface area (Å²) in [5, 5.41) is 3.68. The highest BCUT2D eigenvalue weighted by Crippen LogP contribution is 2.19. The van der Waals surface area contributed by atoms with E-state index in [9.17, 15) is 4.79 Å². The number of nitrogens with zero attached hydrogens (tertiary/aromatic N) is 3. The van der Waals surface area contributed by atoms with E-state index in [1.54, 1.807) is 13.2 Å². The minimum absolute atomic E-state index is 0.0176. The van der Waals surface area contributed by atoms with E-state index in [4.69, 9.17) is 22.1 Å². The Bertz CT molecular complexity index is 833. The first-order chi connectivity index (χ1) is 13.5. The number of guanidine groups is 1. The van der Waals surface area contributed by atoms with Crippen LogP contribution in [0.5, 0.6) is 5.75 Å². The molecule has 0 bridgehead atoms. The number of anilines is 2. The number of nitrogens with two attached hydrogens (primary N) is 1. The van der Waals surface area contributed by atoms with Gasteiger partial charge in [0.05, 0.1) is 7.11 Å². The lowest BCUT2D eigenvalue weighted by atomic mass is 10.2. The van der Waals surface area contributed by atoms with Gasteiger partial charge in [0, 0.05) is 48.6 Å². The Balaban J connectivity index is 1.48. The molecule has 0 aromatic heterocycles. The van der Waals surface area contributed by atoms with Gasteiger partial charge in [0.1, 0.15) is 12.3 Å². The van der Waals surface area contributed by atoms with E-state index in [2.05, 4.69) is 15.2 Å². The number of halogens is 1. The zero-order chi connectivity index (χ0) is 19.9. The molecule has 2 aromatic carbocycles. The maximum absolute atomic E-state index is 12.4. The number of rotatable bonds is 5. The van der Waals surface area contributed by atoms with Crippen LogP contribution in [0, 0.1) is 0 Å². The second-order valence-corrected chi connectivity index (χ2v) is 6.84. The molecule has 0 saturated carbocycles. The summed E-state index contributed by atoms with van der Waals surface area (Å²) in [5.74, 6) is 0.875. The Morgan fingerprint density at radius 3 is 2.57 bits per heavy atom. The average molecular weight is 402 g/mol. The molecular formula is C20H24ClN5O2. The fourth-order valence-corrected chi connectivity index (χ4v) is 3.13. The zero-order valence-corrected chi connectivity index (χ0v) is 16.5. The number of benzene rings is 2. The molecule has 0 atom stereocenters. The van der Waals surface area contributed by atoms with E-state index < -0.39 is 0 Å². The Kier molecular flexibility index (Phi) is 6.60. The van der Waals surface area contributed by atoms with Gasteiger partial charge in [-0.15, -0.1) is 0 Å². The largest absolute Gasteiger partial charge is 0.497 e. The summed E-state index contributed by atoms with van der Waals surface area (Å²) in [6.07, 6.45) is 0. The highest BCUT2D eigenvalue weighted by atomic mass is 35.5. The number of ether oxygens (including phenoxy) is 1. The summed E-state index contributed by atoms with van der Waals surface area (Å²) in [5.41, 5.74) is 7.76. The zero-order valence-electron chi connectivity index (χ0n) is 15.8. The predicted molar refractivity (Wildman–Crippen MR) is 113 cm³/mol. The van der Waals surface area contributed by atoms with Crippen LogP contribution in [-0.2, 0) is 4.79 Å². The van der Waals surface area contributed by atoms with Crippen molar-refractivity contribution in [3.05, 3.63) is 53.6 Å². The third-order valence-electron chi connectivity index (χ3n) is 4.55. The number of hydrogen-bond donors (Lipinski definition) is 2. The molecule has 1 aliphatic rings. The molecule has 1 heterocycles. The van der Waals surface area contributed by atoms with Crippen molar-refractivity contribution >= 4 is 34.8 Å². The number of amides is 1.